The number of pyridine rings is 1. The van der Waals surface area contributed by atoms with Crippen molar-refractivity contribution in [3.8, 4) is 0 Å². The Morgan fingerprint density at radius 2 is 1.64 bits per heavy atom. The van der Waals surface area contributed by atoms with Crippen molar-refractivity contribution in [3.05, 3.63) is 64.8 Å². The van der Waals surface area contributed by atoms with Gasteiger partial charge in [-0.25, -0.2) is 0 Å². The zero-order chi connectivity index (χ0) is 17.8. The maximum atomic E-state index is 4.94. The summed E-state index contributed by atoms with van der Waals surface area (Å²) in [6.45, 7) is 8.70. The Morgan fingerprint density at radius 3 is 2.40 bits per heavy atom. The summed E-state index contributed by atoms with van der Waals surface area (Å²) in [4.78, 5) is 4.94. The molecule has 2 aromatic carbocycles. The Bertz CT molecular complexity index is 881. The lowest BCUT2D eigenvalue weighted by atomic mass is 9.98. The molecule has 2 heteroatoms. The summed E-state index contributed by atoms with van der Waals surface area (Å²) >= 11 is 0. The molecule has 0 atom stereocenters. The van der Waals surface area contributed by atoms with Crippen molar-refractivity contribution in [3.63, 3.8) is 0 Å². The van der Waals surface area contributed by atoms with Crippen LogP contribution in [-0.2, 0) is 6.42 Å². The second kappa shape index (κ2) is 7.69. The molecule has 1 heterocycles. The van der Waals surface area contributed by atoms with Crippen LogP contribution < -0.4 is 5.32 Å². The van der Waals surface area contributed by atoms with Gasteiger partial charge in [-0.3, -0.25) is 4.98 Å². The molecule has 0 saturated heterocycles. The molecule has 0 saturated carbocycles. The molecule has 0 unspecified atom stereocenters. The number of nitrogens with zero attached hydrogens (tertiary/aromatic N) is 1. The van der Waals surface area contributed by atoms with Crippen molar-refractivity contribution < 1.29 is 0 Å². The van der Waals surface area contributed by atoms with Crippen LogP contribution in [0, 0.1) is 20.8 Å². The molecule has 2 nitrogen and oxygen atoms in total. The van der Waals surface area contributed by atoms with Gasteiger partial charge in [0.2, 0.25) is 0 Å². The van der Waals surface area contributed by atoms with Crippen LogP contribution in [0.15, 0.2) is 42.5 Å². The van der Waals surface area contributed by atoms with Gasteiger partial charge in [0.15, 0.2) is 0 Å². The van der Waals surface area contributed by atoms with E-state index in [0.29, 0.717) is 0 Å². The fourth-order valence-electron chi connectivity index (χ4n) is 3.44. The lowest BCUT2D eigenvalue weighted by Gasteiger charge is -2.19. The molecule has 0 fully saturated rings. The lowest BCUT2D eigenvalue weighted by Crippen LogP contribution is -2.04. The molecule has 3 rings (SSSR count). The van der Waals surface area contributed by atoms with E-state index in [4.69, 9.17) is 4.98 Å². The van der Waals surface area contributed by atoms with Gasteiger partial charge in [-0.15, -0.1) is 0 Å². The Kier molecular flexibility index (Phi) is 5.37. The standard InChI is InChI=1S/C23H28N2/c1-5-6-7-13-19-18(4)24-22-17(3)12-10-14-20(22)23(19)25-21-15-9-8-11-16(21)2/h8-12,14-15H,5-7,13H2,1-4H3,(H,24,25). The first kappa shape index (κ1) is 17.5. The maximum Gasteiger partial charge on any atom is 0.0755 e. The summed E-state index contributed by atoms with van der Waals surface area (Å²) in [6.07, 6.45) is 4.78. The zero-order valence-electron chi connectivity index (χ0n) is 15.8. The first-order valence-corrected chi connectivity index (χ1v) is 9.33. The number of unbranched alkanes of at least 4 members (excludes halogenated alkanes) is 2. The third-order valence-electron chi connectivity index (χ3n) is 4.96. The van der Waals surface area contributed by atoms with Crippen LogP contribution in [0.2, 0.25) is 0 Å². The number of hydrogen-bond acceptors (Lipinski definition) is 2. The van der Waals surface area contributed by atoms with Crippen LogP contribution in [-0.4, -0.2) is 4.98 Å². The third kappa shape index (κ3) is 3.68. The summed E-state index contributed by atoms with van der Waals surface area (Å²) in [7, 11) is 0. The number of aromatic nitrogens is 1. The SMILES string of the molecule is CCCCCc1c(C)nc2c(C)cccc2c1Nc1ccccc1C. The predicted molar refractivity (Wildman–Crippen MR) is 109 cm³/mol. The molecule has 1 N–H and O–H groups in total. The minimum Gasteiger partial charge on any atom is -0.354 e. The van der Waals surface area contributed by atoms with Crippen molar-refractivity contribution >= 4 is 22.3 Å². The average molecular weight is 332 g/mol. The second-order valence-corrected chi connectivity index (χ2v) is 6.92. The number of rotatable bonds is 6. The van der Waals surface area contributed by atoms with Crippen LogP contribution >= 0.6 is 0 Å². The van der Waals surface area contributed by atoms with Gasteiger partial charge >= 0.3 is 0 Å². The Hall–Kier alpha value is -2.35. The third-order valence-corrected chi connectivity index (χ3v) is 4.96. The monoisotopic (exact) mass is 332 g/mol. The number of para-hydroxylation sites is 2. The van der Waals surface area contributed by atoms with Gasteiger partial charge in [-0.05, 0) is 56.4 Å². The molecule has 0 bridgehead atoms. The fourth-order valence-corrected chi connectivity index (χ4v) is 3.44. The highest BCUT2D eigenvalue weighted by atomic mass is 14.9. The average Bonchev–Trinajstić information content (AvgIpc) is 2.60. The van der Waals surface area contributed by atoms with Crippen molar-refractivity contribution in [2.75, 3.05) is 5.32 Å². The van der Waals surface area contributed by atoms with E-state index in [2.05, 4.69) is 75.5 Å². The summed E-state index contributed by atoms with van der Waals surface area (Å²) in [5, 5.41) is 4.96. The van der Waals surface area contributed by atoms with Crippen molar-refractivity contribution in [1.29, 1.82) is 0 Å². The van der Waals surface area contributed by atoms with Crippen LogP contribution in [0.4, 0.5) is 11.4 Å². The molecule has 0 spiro atoms. The van der Waals surface area contributed by atoms with E-state index in [1.165, 1.54) is 52.7 Å². The highest BCUT2D eigenvalue weighted by molar-refractivity contribution is 5.97. The molecular formula is C23H28N2. The zero-order valence-corrected chi connectivity index (χ0v) is 15.8. The van der Waals surface area contributed by atoms with E-state index < -0.39 is 0 Å². The smallest absolute Gasteiger partial charge is 0.0755 e. The second-order valence-electron chi connectivity index (χ2n) is 6.92. The molecule has 1 aromatic heterocycles. The van der Waals surface area contributed by atoms with E-state index in [1.807, 2.05) is 0 Å². The van der Waals surface area contributed by atoms with E-state index in [0.717, 1.165) is 17.6 Å². The van der Waals surface area contributed by atoms with Gasteiger partial charge in [0.05, 0.1) is 11.2 Å². The Morgan fingerprint density at radius 1 is 0.880 bits per heavy atom. The Balaban J connectivity index is 2.15. The topological polar surface area (TPSA) is 24.9 Å². The molecule has 130 valence electrons. The number of nitrogens with one attached hydrogen (secondary N) is 1. The normalized spacial score (nSPS) is 11.0. The number of anilines is 2. The summed E-state index contributed by atoms with van der Waals surface area (Å²) in [5.41, 5.74) is 8.51. The molecule has 0 aliphatic heterocycles. The summed E-state index contributed by atoms with van der Waals surface area (Å²) in [5.74, 6) is 0. The molecule has 3 aromatic rings. The molecule has 25 heavy (non-hydrogen) atoms. The lowest BCUT2D eigenvalue weighted by molar-refractivity contribution is 0.715. The minimum atomic E-state index is 1.07. The summed E-state index contributed by atoms with van der Waals surface area (Å²) < 4.78 is 0. The van der Waals surface area contributed by atoms with Gasteiger partial charge in [0.1, 0.15) is 0 Å². The van der Waals surface area contributed by atoms with E-state index in [1.54, 1.807) is 0 Å². The first-order valence-electron chi connectivity index (χ1n) is 9.33. The number of fused-ring (bicyclic) bond motifs is 1. The molecular weight excluding hydrogens is 304 g/mol. The van der Waals surface area contributed by atoms with Gasteiger partial charge in [-0.2, -0.15) is 0 Å². The molecule has 0 aliphatic rings. The van der Waals surface area contributed by atoms with E-state index in [9.17, 15) is 0 Å². The summed E-state index contributed by atoms with van der Waals surface area (Å²) in [6, 6.07) is 15.0. The molecule has 0 radical (unpaired) electrons. The highest BCUT2D eigenvalue weighted by Gasteiger charge is 2.14. The maximum absolute atomic E-state index is 4.94. The Labute approximate surface area is 151 Å². The van der Waals surface area contributed by atoms with Gasteiger partial charge < -0.3 is 5.32 Å². The minimum absolute atomic E-state index is 1.07. The quantitative estimate of drug-likeness (QED) is 0.512. The fraction of sp³-hybridized carbons (Fsp3) is 0.348. The van der Waals surface area contributed by atoms with Gasteiger partial charge in [-0.1, -0.05) is 56.2 Å². The van der Waals surface area contributed by atoms with Crippen LogP contribution in [0.5, 0.6) is 0 Å². The van der Waals surface area contributed by atoms with E-state index >= 15 is 0 Å². The molecule has 0 amide bonds. The van der Waals surface area contributed by atoms with E-state index in [-0.39, 0.29) is 0 Å². The number of aryl methyl sites for hydroxylation is 3. The van der Waals surface area contributed by atoms with Gasteiger partial charge in [0.25, 0.3) is 0 Å². The van der Waals surface area contributed by atoms with Crippen molar-refractivity contribution in [1.82, 2.24) is 4.98 Å². The van der Waals surface area contributed by atoms with Crippen molar-refractivity contribution in [2.24, 2.45) is 0 Å². The number of benzene rings is 2. The van der Waals surface area contributed by atoms with Gasteiger partial charge in [0, 0.05) is 16.8 Å². The number of hydrogen-bond donors (Lipinski definition) is 1. The van der Waals surface area contributed by atoms with Crippen LogP contribution in [0.25, 0.3) is 10.9 Å². The first-order chi connectivity index (χ1) is 12.1. The molecule has 0 aliphatic carbocycles. The highest BCUT2D eigenvalue weighted by Crippen LogP contribution is 2.34. The van der Waals surface area contributed by atoms with Crippen LogP contribution in [0.1, 0.15) is 48.6 Å². The predicted octanol–water partition coefficient (Wildman–Crippen LogP) is 6.64. The largest absolute Gasteiger partial charge is 0.354 e. The van der Waals surface area contributed by atoms with Crippen LogP contribution in [0.3, 0.4) is 0 Å². The van der Waals surface area contributed by atoms with Crippen molar-refractivity contribution in [2.45, 2.75) is 53.4 Å².